The van der Waals surface area contributed by atoms with E-state index >= 15 is 0 Å². The molecule has 1 rings (SSSR count). The molecule has 76 valence electrons. The van der Waals surface area contributed by atoms with Crippen LogP contribution >= 0.6 is 0 Å². The summed E-state index contributed by atoms with van der Waals surface area (Å²) in [6, 6.07) is 7.62. The average Bonchev–Trinajstić information content (AvgIpc) is 2.26. The Morgan fingerprint density at radius 1 is 1.57 bits per heavy atom. The van der Waals surface area contributed by atoms with Gasteiger partial charge in [0.2, 0.25) is 5.91 Å². The summed E-state index contributed by atoms with van der Waals surface area (Å²) in [5.41, 5.74) is 3.16. The fourth-order valence-electron chi connectivity index (χ4n) is 1.16. The van der Waals surface area contributed by atoms with Crippen molar-refractivity contribution in [2.75, 3.05) is 7.11 Å². The van der Waals surface area contributed by atoms with Crippen molar-refractivity contribution in [2.45, 2.75) is 12.8 Å². The van der Waals surface area contributed by atoms with Crippen molar-refractivity contribution < 1.29 is 9.53 Å². The molecule has 0 aromatic heterocycles. The number of benzene rings is 1. The van der Waals surface area contributed by atoms with Gasteiger partial charge in [0.05, 0.1) is 7.11 Å². The number of carbonyl (C=O) groups is 1. The Hall–Kier alpha value is -1.55. The molecule has 3 N–H and O–H groups in total. The second-order valence-corrected chi connectivity index (χ2v) is 2.92. The first kappa shape index (κ1) is 10.5. The van der Waals surface area contributed by atoms with Crippen molar-refractivity contribution in [1.29, 1.82) is 0 Å². The third kappa shape index (κ3) is 3.06. The Morgan fingerprint density at radius 3 is 3.00 bits per heavy atom. The molecule has 0 aliphatic carbocycles. The zero-order chi connectivity index (χ0) is 10.4. The summed E-state index contributed by atoms with van der Waals surface area (Å²) in [4.78, 5) is 10.9. The maximum Gasteiger partial charge on any atom is 0.234 e. The molecule has 0 atom stereocenters. The lowest BCUT2D eigenvalue weighted by Gasteiger charge is -2.03. The number of aryl methyl sites for hydroxylation is 1. The molecule has 0 radical (unpaired) electrons. The van der Waals surface area contributed by atoms with E-state index in [1.165, 1.54) is 0 Å². The van der Waals surface area contributed by atoms with Gasteiger partial charge in [0, 0.05) is 6.42 Å². The van der Waals surface area contributed by atoms with Gasteiger partial charge in [0.1, 0.15) is 5.75 Å². The first-order valence-corrected chi connectivity index (χ1v) is 4.38. The fraction of sp³-hybridized carbons (Fsp3) is 0.300. The molecule has 1 aromatic carbocycles. The Kier molecular flexibility index (Phi) is 3.94. The van der Waals surface area contributed by atoms with Gasteiger partial charge in [-0.3, -0.25) is 10.2 Å². The number of methoxy groups -OCH3 is 1. The van der Waals surface area contributed by atoms with E-state index in [4.69, 9.17) is 10.6 Å². The number of nitrogens with one attached hydrogen (secondary N) is 1. The van der Waals surface area contributed by atoms with Crippen molar-refractivity contribution in [3.05, 3.63) is 29.8 Å². The van der Waals surface area contributed by atoms with E-state index < -0.39 is 0 Å². The second kappa shape index (κ2) is 5.24. The molecule has 4 heteroatoms. The highest BCUT2D eigenvalue weighted by atomic mass is 16.5. The van der Waals surface area contributed by atoms with Gasteiger partial charge < -0.3 is 4.74 Å². The lowest BCUT2D eigenvalue weighted by atomic mass is 10.1. The van der Waals surface area contributed by atoms with E-state index in [0.717, 1.165) is 11.3 Å². The largest absolute Gasteiger partial charge is 0.497 e. The molecular formula is C10H14N2O2. The number of ether oxygens (including phenoxy) is 1. The minimum atomic E-state index is -0.159. The molecule has 0 saturated heterocycles. The van der Waals surface area contributed by atoms with Crippen LogP contribution in [0, 0.1) is 0 Å². The summed E-state index contributed by atoms with van der Waals surface area (Å²) in [5, 5.41) is 0. The van der Waals surface area contributed by atoms with Gasteiger partial charge in [-0.2, -0.15) is 0 Å². The highest BCUT2D eigenvalue weighted by molar-refractivity contribution is 5.75. The predicted octanol–water partition coefficient (Wildman–Crippen LogP) is 0.618. The van der Waals surface area contributed by atoms with Crippen LogP contribution in [0.5, 0.6) is 5.75 Å². The standard InChI is InChI=1S/C10H14N2O2/c1-14-9-4-2-3-8(7-9)5-6-10(13)12-11/h2-4,7H,5-6,11H2,1H3,(H,12,13). The van der Waals surface area contributed by atoms with Crippen molar-refractivity contribution >= 4 is 5.91 Å². The maximum absolute atomic E-state index is 10.9. The zero-order valence-corrected chi connectivity index (χ0v) is 8.12. The van der Waals surface area contributed by atoms with Crippen LogP contribution in [0.15, 0.2) is 24.3 Å². The quantitative estimate of drug-likeness (QED) is 0.419. The molecule has 1 aromatic rings. The Morgan fingerprint density at radius 2 is 2.36 bits per heavy atom. The SMILES string of the molecule is COc1cccc(CCC(=O)NN)c1. The van der Waals surface area contributed by atoms with Crippen molar-refractivity contribution in [3.8, 4) is 5.75 Å². The second-order valence-electron chi connectivity index (χ2n) is 2.92. The summed E-state index contributed by atoms with van der Waals surface area (Å²) in [7, 11) is 1.62. The molecule has 1 amide bonds. The lowest BCUT2D eigenvalue weighted by molar-refractivity contribution is -0.121. The van der Waals surface area contributed by atoms with Gasteiger partial charge in [-0.05, 0) is 24.1 Å². The maximum atomic E-state index is 10.9. The molecule has 0 aliphatic heterocycles. The van der Waals surface area contributed by atoms with E-state index in [-0.39, 0.29) is 5.91 Å². The number of carbonyl (C=O) groups excluding carboxylic acids is 1. The highest BCUT2D eigenvalue weighted by Crippen LogP contribution is 2.13. The van der Waals surface area contributed by atoms with E-state index in [1.807, 2.05) is 24.3 Å². The number of hydrogen-bond donors (Lipinski definition) is 2. The summed E-state index contributed by atoms with van der Waals surface area (Å²) >= 11 is 0. The van der Waals surface area contributed by atoms with Gasteiger partial charge in [-0.1, -0.05) is 12.1 Å². The van der Waals surface area contributed by atoms with Gasteiger partial charge in [0.25, 0.3) is 0 Å². The van der Waals surface area contributed by atoms with Crippen LogP contribution < -0.4 is 16.0 Å². The van der Waals surface area contributed by atoms with Gasteiger partial charge >= 0.3 is 0 Å². The summed E-state index contributed by atoms with van der Waals surface area (Å²) in [6.45, 7) is 0. The third-order valence-corrected chi connectivity index (χ3v) is 1.94. The molecule has 0 spiro atoms. The van der Waals surface area contributed by atoms with Crippen molar-refractivity contribution in [2.24, 2.45) is 5.84 Å². The summed E-state index contributed by atoms with van der Waals surface area (Å²) < 4.78 is 5.06. The minimum absolute atomic E-state index is 0.159. The normalized spacial score (nSPS) is 9.57. The van der Waals surface area contributed by atoms with Crippen LogP contribution in [0.4, 0.5) is 0 Å². The average molecular weight is 194 g/mol. The molecule has 0 fully saturated rings. The van der Waals surface area contributed by atoms with E-state index in [9.17, 15) is 4.79 Å². The Labute approximate surface area is 83.0 Å². The molecule has 14 heavy (non-hydrogen) atoms. The van der Waals surface area contributed by atoms with Gasteiger partial charge in [-0.15, -0.1) is 0 Å². The lowest BCUT2D eigenvalue weighted by Crippen LogP contribution is -2.30. The molecule has 4 nitrogen and oxygen atoms in total. The van der Waals surface area contributed by atoms with Crippen LogP contribution in [0.2, 0.25) is 0 Å². The summed E-state index contributed by atoms with van der Waals surface area (Å²) in [6.07, 6.45) is 1.06. The van der Waals surface area contributed by atoms with Gasteiger partial charge in [0.15, 0.2) is 0 Å². The number of rotatable bonds is 4. The number of hydrazine groups is 1. The van der Waals surface area contributed by atoms with Crippen LogP contribution in [-0.2, 0) is 11.2 Å². The number of hydrogen-bond acceptors (Lipinski definition) is 3. The van der Waals surface area contributed by atoms with Gasteiger partial charge in [-0.25, -0.2) is 5.84 Å². The molecular weight excluding hydrogens is 180 g/mol. The smallest absolute Gasteiger partial charge is 0.234 e. The zero-order valence-electron chi connectivity index (χ0n) is 8.12. The highest BCUT2D eigenvalue weighted by Gasteiger charge is 2.00. The fourth-order valence-corrected chi connectivity index (χ4v) is 1.16. The first-order valence-electron chi connectivity index (χ1n) is 4.38. The monoisotopic (exact) mass is 194 g/mol. The summed E-state index contributed by atoms with van der Waals surface area (Å²) in [5.74, 6) is 5.61. The Bertz CT molecular complexity index is 313. The van der Waals surface area contributed by atoms with Crippen LogP contribution in [0.1, 0.15) is 12.0 Å². The molecule has 0 bridgehead atoms. The van der Waals surface area contributed by atoms with E-state index in [0.29, 0.717) is 12.8 Å². The number of nitrogens with two attached hydrogens (primary N) is 1. The predicted molar refractivity (Wildman–Crippen MR) is 53.6 cm³/mol. The van der Waals surface area contributed by atoms with E-state index in [2.05, 4.69) is 5.43 Å². The minimum Gasteiger partial charge on any atom is -0.497 e. The number of amides is 1. The molecule has 0 saturated carbocycles. The van der Waals surface area contributed by atoms with E-state index in [1.54, 1.807) is 7.11 Å². The molecule has 0 unspecified atom stereocenters. The van der Waals surface area contributed by atoms with Crippen molar-refractivity contribution in [3.63, 3.8) is 0 Å². The van der Waals surface area contributed by atoms with Crippen LogP contribution in [-0.4, -0.2) is 13.0 Å². The molecule has 0 aliphatic rings. The third-order valence-electron chi connectivity index (χ3n) is 1.94. The van der Waals surface area contributed by atoms with Crippen molar-refractivity contribution in [1.82, 2.24) is 5.43 Å². The van der Waals surface area contributed by atoms with Crippen LogP contribution in [0.25, 0.3) is 0 Å². The first-order chi connectivity index (χ1) is 6.76. The topological polar surface area (TPSA) is 64.3 Å². The van der Waals surface area contributed by atoms with Crippen LogP contribution in [0.3, 0.4) is 0 Å². The Balaban J connectivity index is 2.54. The molecule has 0 heterocycles.